The topological polar surface area (TPSA) is 60.7 Å². The molecule has 0 spiro atoms. The SMILES string of the molecule is COC(=O)C1=C(C)N=c2s/c(=C/c3c(Cl)cccc3Cl)c(=O)n2[C@H]1c1cccs1. The standard InChI is InChI=1S/C20H14Cl2N2O3S2/c1-10-16(19(26)27-2)17(14-7-4-8-28-14)24-18(25)15(29-20(24)23-10)9-11-12(21)5-3-6-13(11)22/h3-9,17H,1-2H3/b15-9+/t17-/m0/s1. The number of thiazole rings is 1. The number of halogens is 2. The van der Waals surface area contributed by atoms with Crippen LogP contribution in [0.25, 0.3) is 6.08 Å². The largest absolute Gasteiger partial charge is 0.466 e. The lowest BCUT2D eigenvalue weighted by Gasteiger charge is -2.22. The molecule has 0 amide bonds. The van der Waals surface area contributed by atoms with Gasteiger partial charge < -0.3 is 4.74 Å². The number of hydrogen-bond acceptors (Lipinski definition) is 6. The Morgan fingerprint density at radius 3 is 2.59 bits per heavy atom. The first-order valence-electron chi connectivity index (χ1n) is 8.50. The Morgan fingerprint density at radius 2 is 1.97 bits per heavy atom. The van der Waals surface area contributed by atoms with Crippen LogP contribution in [0.15, 0.2) is 56.8 Å². The fourth-order valence-electron chi connectivity index (χ4n) is 3.19. The highest BCUT2D eigenvalue weighted by molar-refractivity contribution is 7.10. The van der Waals surface area contributed by atoms with Crippen molar-refractivity contribution in [3.63, 3.8) is 0 Å². The molecular weight excluding hydrogens is 451 g/mol. The Labute approximate surface area is 183 Å². The number of carbonyl (C=O) groups is 1. The van der Waals surface area contributed by atoms with Crippen molar-refractivity contribution in [2.75, 3.05) is 7.11 Å². The van der Waals surface area contributed by atoms with Crippen molar-refractivity contribution in [1.29, 1.82) is 0 Å². The summed E-state index contributed by atoms with van der Waals surface area (Å²) in [6.07, 6.45) is 1.66. The summed E-state index contributed by atoms with van der Waals surface area (Å²) in [6.45, 7) is 1.74. The average molecular weight is 465 g/mol. The van der Waals surface area contributed by atoms with Gasteiger partial charge in [-0.3, -0.25) is 9.36 Å². The third-order valence-corrected chi connectivity index (χ3v) is 7.08. The molecule has 0 unspecified atom stereocenters. The van der Waals surface area contributed by atoms with Crippen LogP contribution in [-0.2, 0) is 9.53 Å². The maximum atomic E-state index is 13.3. The summed E-state index contributed by atoms with van der Waals surface area (Å²) < 4.78 is 6.93. The molecule has 1 aromatic carbocycles. The van der Waals surface area contributed by atoms with Crippen molar-refractivity contribution in [3.8, 4) is 0 Å². The molecular formula is C20H14Cl2N2O3S2. The second-order valence-electron chi connectivity index (χ2n) is 6.22. The normalized spacial score (nSPS) is 16.6. The second kappa shape index (κ2) is 7.91. The lowest BCUT2D eigenvalue weighted by atomic mass is 10.0. The summed E-state index contributed by atoms with van der Waals surface area (Å²) >= 11 is 15.2. The molecule has 0 radical (unpaired) electrons. The van der Waals surface area contributed by atoms with E-state index in [2.05, 4.69) is 4.99 Å². The van der Waals surface area contributed by atoms with Gasteiger partial charge in [0.15, 0.2) is 4.80 Å². The Bertz CT molecular complexity index is 1300. The monoisotopic (exact) mass is 464 g/mol. The number of ether oxygens (including phenoxy) is 1. The molecule has 2 aromatic heterocycles. The Kier molecular flexibility index (Phi) is 5.48. The first-order chi connectivity index (χ1) is 13.9. The smallest absolute Gasteiger partial charge is 0.338 e. The summed E-state index contributed by atoms with van der Waals surface area (Å²) in [5.41, 5.74) is 1.18. The van der Waals surface area contributed by atoms with E-state index in [0.29, 0.717) is 36.2 Å². The molecule has 0 aliphatic carbocycles. The van der Waals surface area contributed by atoms with Gasteiger partial charge in [-0.15, -0.1) is 11.3 Å². The first-order valence-corrected chi connectivity index (χ1v) is 11.0. The Balaban J connectivity index is 2.00. The van der Waals surface area contributed by atoms with Crippen LogP contribution in [0.1, 0.15) is 23.4 Å². The Morgan fingerprint density at radius 1 is 1.24 bits per heavy atom. The minimum absolute atomic E-state index is 0.267. The zero-order chi connectivity index (χ0) is 20.7. The van der Waals surface area contributed by atoms with Crippen LogP contribution >= 0.6 is 45.9 Å². The zero-order valence-electron chi connectivity index (χ0n) is 15.3. The van der Waals surface area contributed by atoms with E-state index in [9.17, 15) is 9.59 Å². The van der Waals surface area contributed by atoms with Crippen LogP contribution in [-0.4, -0.2) is 17.6 Å². The molecule has 148 valence electrons. The lowest BCUT2D eigenvalue weighted by molar-refractivity contribution is -0.136. The van der Waals surface area contributed by atoms with E-state index in [0.717, 1.165) is 4.88 Å². The molecule has 1 aliphatic heterocycles. The van der Waals surface area contributed by atoms with Gasteiger partial charge >= 0.3 is 5.97 Å². The maximum Gasteiger partial charge on any atom is 0.338 e. The van der Waals surface area contributed by atoms with Crippen LogP contribution in [0.3, 0.4) is 0 Å². The highest BCUT2D eigenvalue weighted by atomic mass is 35.5. The number of methoxy groups -OCH3 is 1. The van der Waals surface area contributed by atoms with Gasteiger partial charge in [0.05, 0.1) is 22.9 Å². The number of allylic oxidation sites excluding steroid dienone is 1. The van der Waals surface area contributed by atoms with Gasteiger partial charge in [0, 0.05) is 20.5 Å². The fraction of sp³-hybridized carbons (Fsp3) is 0.150. The number of thiophene rings is 1. The molecule has 0 bridgehead atoms. The van der Waals surface area contributed by atoms with Crippen molar-refractivity contribution in [3.05, 3.63) is 87.2 Å². The molecule has 1 atom stereocenters. The van der Waals surface area contributed by atoms with Gasteiger partial charge in [-0.05, 0) is 36.6 Å². The molecule has 29 heavy (non-hydrogen) atoms. The number of esters is 1. The van der Waals surface area contributed by atoms with Gasteiger partial charge in [0.2, 0.25) is 0 Å². The number of hydrogen-bond donors (Lipinski definition) is 0. The predicted molar refractivity (Wildman–Crippen MR) is 117 cm³/mol. The van der Waals surface area contributed by atoms with E-state index in [1.807, 2.05) is 17.5 Å². The second-order valence-corrected chi connectivity index (χ2v) is 9.03. The number of rotatable bonds is 3. The van der Waals surface area contributed by atoms with Gasteiger partial charge in [0.1, 0.15) is 6.04 Å². The molecule has 0 fully saturated rings. The van der Waals surface area contributed by atoms with Gasteiger partial charge in [-0.1, -0.05) is 46.7 Å². The minimum Gasteiger partial charge on any atom is -0.466 e. The average Bonchev–Trinajstić information content (AvgIpc) is 3.32. The number of aromatic nitrogens is 1. The van der Waals surface area contributed by atoms with Gasteiger partial charge in [-0.25, -0.2) is 9.79 Å². The molecule has 0 saturated carbocycles. The molecule has 0 N–H and O–H groups in total. The highest BCUT2D eigenvalue weighted by Crippen LogP contribution is 2.33. The van der Waals surface area contributed by atoms with E-state index in [1.54, 1.807) is 31.2 Å². The molecule has 3 aromatic rings. The summed E-state index contributed by atoms with van der Waals surface area (Å²) in [5, 5.41) is 2.80. The van der Waals surface area contributed by atoms with Crippen molar-refractivity contribution in [2.24, 2.45) is 4.99 Å². The molecule has 3 heterocycles. The van der Waals surface area contributed by atoms with E-state index >= 15 is 0 Å². The Hall–Kier alpha value is -2.19. The quantitative estimate of drug-likeness (QED) is 0.554. The third-order valence-electron chi connectivity index (χ3n) is 4.51. The highest BCUT2D eigenvalue weighted by Gasteiger charge is 2.33. The molecule has 0 saturated heterocycles. The predicted octanol–water partition coefficient (Wildman–Crippen LogP) is 3.78. The lowest BCUT2D eigenvalue weighted by Crippen LogP contribution is -2.39. The van der Waals surface area contributed by atoms with E-state index in [-0.39, 0.29) is 5.56 Å². The summed E-state index contributed by atoms with van der Waals surface area (Å²) in [6, 6.07) is 8.34. The number of nitrogens with zero attached hydrogens (tertiary/aromatic N) is 2. The molecule has 5 nitrogen and oxygen atoms in total. The molecule has 1 aliphatic rings. The zero-order valence-corrected chi connectivity index (χ0v) is 18.5. The van der Waals surface area contributed by atoms with Crippen molar-refractivity contribution in [1.82, 2.24) is 4.57 Å². The molecule has 9 heteroatoms. The first kappa shape index (κ1) is 20.1. The maximum absolute atomic E-state index is 13.3. The van der Waals surface area contributed by atoms with E-state index in [4.69, 9.17) is 27.9 Å². The van der Waals surface area contributed by atoms with Crippen molar-refractivity contribution < 1.29 is 9.53 Å². The fourth-order valence-corrected chi connectivity index (χ4v) is 5.55. The van der Waals surface area contributed by atoms with Crippen molar-refractivity contribution in [2.45, 2.75) is 13.0 Å². The number of carbonyl (C=O) groups excluding carboxylic acids is 1. The van der Waals surface area contributed by atoms with Gasteiger partial charge in [0.25, 0.3) is 5.56 Å². The minimum atomic E-state index is -0.595. The van der Waals surface area contributed by atoms with E-state index in [1.165, 1.54) is 34.4 Å². The summed E-state index contributed by atoms with van der Waals surface area (Å²) in [4.78, 5) is 31.7. The van der Waals surface area contributed by atoms with E-state index < -0.39 is 12.0 Å². The summed E-state index contributed by atoms with van der Waals surface area (Å²) in [5.74, 6) is -0.506. The molecule has 4 rings (SSSR count). The van der Waals surface area contributed by atoms with Crippen LogP contribution in [0.4, 0.5) is 0 Å². The summed E-state index contributed by atoms with van der Waals surface area (Å²) in [7, 11) is 1.32. The van der Waals surface area contributed by atoms with Crippen molar-refractivity contribution >= 4 is 57.9 Å². The van der Waals surface area contributed by atoms with Crippen LogP contribution < -0.4 is 14.9 Å². The van der Waals surface area contributed by atoms with Crippen LogP contribution in [0, 0.1) is 0 Å². The van der Waals surface area contributed by atoms with Crippen LogP contribution in [0.5, 0.6) is 0 Å². The number of benzene rings is 1. The van der Waals surface area contributed by atoms with Gasteiger partial charge in [-0.2, -0.15) is 0 Å². The number of fused-ring (bicyclic) bond motifs is 1. The third kappa shape index (κ3) is 3.48. The van der Waals surface area contributed by atoms with Crippen LogP contribution in [0.2, 0.25) is 10.0 Å².